The first-order valence-corrected chi connectivity index (χ1v) is 8.73. The van der Waals surface area contributed by atoms with Gasteiger partial charge in [-0.3, -0.25) is 0 Å². The lowest BCUT2D eigenvalue weighted by Gasteiger charge is -2.26. The number of aliphatic imine (C=N–C) groups is 1. The number of hydrogen-bond acceptors (Lipinski definition) is 5. The molecule has 4 N–H and O–H groups in total. The molecule has 6 heteroatoms. The van der Waals surface area contributed by atoms with Crippen LogP contribution in [0.3, 0.4) is 0 Å². The SMILES string of the molecule is C=C(/N=C(\C=C/N)n1ccc2c(C#N)cccc21)N[C@H]1CC[C@H](O)CC1. The van der Waals surface area contributed by atoms with E-state index in [2.05, 4.69) is 23.0 Å². The molecular formula is C20H23N5O. The molecule has 3 rings (SSSR count). The molecule has 134 valence electrons. The highest BCUT2D eigenvalue weighted by Crippen LogP contribution is 2.21. The van der Waals surface area contributed by atoms with E-state index in [1.165, 1.54) is 6.20 Å². The average Bonchev–Trinajstić information content (AvgIpc) is 3.07. The molecule has 0 unspecified atom stereocenters. The van der Waals surface area contributed by atoms with Gasteiger partial charge in [-0.05, 0) is 56.2 Å². The monoisotopic (exact) mass is 349 g/mol. The summed E-state index contributed by atoms with van der Waals surface area (Å²) in [6.45, 7) is 4.01. The zero-order chi connectivity index (χ0) is 18.5. The Labute approximate surface area is 152 Å². The topological polar surface area (TPSA) is 99.4 Å². The maximum absolute atomic E-state index is 9.62. The van der Waals surface area contributed by atoms with Crippen LogP contribution in [0.25, 0.3) is 10.9 Å². The number of aliphatic hydroxyl groups is 1. The Balaban J connectivity index is 1.86. The van der Waals surface area contributed by atoms with E-state index in [-0.39, 0.29) is 12.1 Å². The molecule has 6 nitrogen and oxygen atoms in total. The summed E-state index contributed by atoms with van der Waals surface area (Å²) < 4.78 is 1.89. The molecule has 1 aromatic heterocycles. The van der Waals surface area contributed by atoms with Crippen molar-refractivity contribution < 1.29 is 5.11 Å². The molecule has 26 heavy (non-hydrogen) atoms. The molecule has 0 radical (unpaired) electrons. The summed E-state index contributed by atoms with van der Waals surface area (Å²) in [5.74, 6) is 1.17. The first-order valence-electron chi connectivity index (χ1n) is 8.73. The van der Waals surface area contributed by atoms with Gasteiger partial charge in [0.15, 0.2) is 0 Å². The van der Waals surface area contributed by atoms with Crippen LogP contribution in [-0.2, 0) is 0 Å². The highest BCUT2D eigenvalue weighted by Gasteiger charge is 2.19. The number of rotatable bonds is 4. The van der Waals surface area contributed by atoms with Gasteiger partial charge in [-0.1, -0.05) is 12.6 Å². The van der Waals surface area contributed by atoms with Crippen molar-refractivity contribution in [2.75, 3.05) is 0 Å². The number of hydrogen-bond donors (Lipinski definition) is 3. The Bertz CT molecular complexity index is 895. The quantitative estimate of drug-likeness (QED) is 0.583. The predicted molar refractivity (Wildman–Crippen MR) is 103 cm³/mol. The van der Waals surface area contributed by atoms with Crippen molar-refractivity contribution >= 4 is 16.7 Å². The summed E-state index contributed by atoms with van der Waals surface area (Å²) in [5, 5.41) is 23.1. The minimum absolute atomic E-state index is 0.193. The van der Waals surface area contributed by atoms with E-state index in [4.69, 9.17) is 5.73 Å². The fourth-order valence-electron chi connectivity index (χ4n) is 3.35. The van der Waals surface area contributed by atoms with Gasteiger partial charge in [-0.15, -0.1) is 0 Å². The van der Waals surface area contributed by atoms with E-state index in [9.17, 15) is 10.4 Å². The largest absolute Gasteiger partial charge is 0.404 e. The van der Waals surface area contributed by atoms with Gasteiger partial charge >= 0.3 is 0 Å². The van der Waals surface area contributed by atoms with Crippen LogP contribution < -0.4 is 11.1 Å². The van der Waals surface area contributed by atoms with E-state index in [1.54, 1.807) is 12.1 Å². The number of allylic oxidation sites excluding steroid dienone is 1. The number of nitrogens with zero attached hydrogens (tertiary/aromatic N) is 3. The summed E-state index contributed by atoms with van der Waals surface area (Å²) in [7, 11) is 0. The zero-order valence-corrected chi connectivity index (χ0v) is 14.6. The second-order valence-electron chi connectivity index (χ2n) is 6.46. The normalized spacial score (nSPS) is 21.0. The minimum Gasteiger partial charge on any atom is -0.404 e. The van der Waals surface area contributed by atoms with Gasteiger partial charge in [-0.25, -0.2) is 4.99 Å². The number of nitrogens with two attached hydrogens (primary N) is 1. The summed E-state index contributed by atoms with van der Waals surface area (Å²) in [6, 6.07) is 9.95. The van der Waals surface area contributed by atoms with Crippen LogP contribution >= 0.6 is 0 Å². The Kier molecular flexibility index (Phi) is 5.40. The molecule has 1 fully saturated rings. The number of aromatic nitrogens is 1. The molecule has 1 saturated carbocycles. The van der Waals surface area contributed by atoms with Gasteiger partial charge in [0.2, 0.25) is 0 Å². The third-order valence-corrected chi connectivity index (χ3v) is 4.66. The standard InChI is InChI=1S/C20H23N5O/c1-14(23-16-5-7-17(26)8-6-16)24-20(9-11-21)25-12-10-18-15(13-22)3-2-4-19(18)25/h2-4,9-12,16-17,23,26H,1,5-8,21H2/b11-9-,24-20+/t16-,17-. The Hall–Kier alpha value is -3.04. The van der Waals surface area contributed by atoms with E-state index >= 15 is 0 Å². The third-order valence-electron chi connectivity index (χ3n) is 4.66. The summed E-state index contributed by atoms with van der Waals surface area (Å²) >= 11 is 0. The smallest absolute Gasteiger partial charge is 0.140 e. The molecule has 1 aliphatic carbocycles. The van der Waals surface area contributed by atoms with Crippen molar-refractivity contribution in [2.24, 2.45) is 10.7 Å². The molecular weight excluding hydrogens is 326 g/mol. The lowest BCUT2D eigenvalue weighted by molar-refractivity contribution is 0.118. The molecule has 0 aliphatic heterocycles. The molecule has 0 bridgehead atoms. The molecule has 0 amide bonds. The molecule has 1 heterocycles. The van der Waals surface area contributed by atoms with Gasteiger partial charge in [-0.2, -0.15) is 5.26 Å². The molecule has 0 atom stereocenters. The van der Waals surface area contributed by atoms with Gasteiger partial charge < -0.3 is 20.7 Å². The highest BCUT2D eigenvalue weighted by molar-refractivity contribution is 6.02. The van der Waals surface area contributed by atoms with Crippen molar-refractivity contribution in [1.82, 2.24) is 9.88 Å². The van der Waals surface area contributed by atoms with E-state index < -0.39 is 0 Å². The number of nitriles is 1. The maximum Gasteiger partial charge on any atom is 0.140 e. The van der Waals surface area contributed by atoms with Crippen LogP contribution in [0.1, 0.15) is 31.2 Å². The maximum atomic E-state index is 9.62. The van der Waals surface area contributed by atoms with E-state index in [0.717, 1.165) is 36.6 Å². The van der Waals surface area contributed by atoms with Crippen LogP contribution in [0.2, 0.25) is 0 Å². The summed E-state index contributed by atoms with van der Waals surface area (Å²) in [5.41, 5.74) is 7.11. The predicted octanol–water partition coefficient (Wildman–Crippen LogP) is 2.60. The molecule has 2 aromatic rings. The van der Waals surface area contributed by atoms with Gasteiger partial charge in [0.1, 0.15) is 11.7 Å². The highest BCUT2D eigenvalue weighted by atomic mass is 16.3. The number of fused-ring (bicyclic) bond motifs is 1. The second kappa shape index (κ2) is 7.89. The van der Waals surface area contributed by atoms with Crippen LogP contribution in [0.15, 0.2) is 60.1 Å². The molecule has 0 saturated heterocycles. The van der Waals surface area contributed by atoms with Crippen molar-refractivity contribution in [3.8, 4) is 6.07 Å². The zero-order valence-electron chi connectivity index (χ0n) is 14.6. The van der Waals surface area contributed by atoms with Crippen molar-refractivity contribution in [3.05, 3.63) is 60.7 Å². The molecule has 1 aromatic carbocycles. The van der Waals surface area contributed by atoms with Crippen LogP contribution in [-0.4, -0.2) is 27.7 Å². The lowest BCUT2D eigenvalue weighted by atomic mass is 9.93. The minimum atomic E-state index is -0.193. The third kappa shape index (κ3) is 3.79. The Morgan fingerprint density at radius 1 is 1.35 bits per heavy atom. The van der Waals surface area contributed by atoms with Gasteiger partial charge in [0.05, 0.1) is 23.3 Å². The molecule has 0 spiro atoms. The van der Waals surface area contributed by atoms with Crippen LogP contribution in [0.5, 0.6) is 0 Å². The first kappa shape index (κ1) is 17.8. The number of aliphatic hydroxyl groups excluding tert-OH is 1. The lowest BCUT2D eigenvalue weighted by Crippen LogP contribution is -2.33. The fraction of sp³-hybridized carbons (Fsp3) is 0.300. The Morgan fingerprint density at radius 3 is 2.81 bits per heavy atom. The van der Waals surface area contributed by atoms with Crippen molar-refractivity contribution in [3.63, 3.8) is 0 Å². The van der Waals surface area contributed by atoms with Gasteiger partial charge in [0.25, 0.3) is 0 Å². The summed E-state index contributed by atoms with van der Waals surface area (Å²) in [6.07, 6.45) is 8.20. The van der Waals surface area contributed by atoms with Crippen molar-refractivity contribution in [1.29, 1.82) is 5.26 Å². The fourth-order valence-corrected chi connectivity index (χ4v) is 3.35. The summed E-state index contributed by atoms with van der Waals surface area (Å²) in [4.78, 5) is 4.59. The van der Waals surface area contributed by atoms with Crippen LogP contribution in [0.4, 0.5) is 0 Å². The van der Waals surface area contributed by atoms with Gasteiger partial charge in [0, 0.05) is 17.6 Å². The Morgan fingerprint density at radius 2 is 2.12 bits per heavy atom. The average molecular weight is 349 g/mol. The molecule has 1 aliphatic rings. The van der Waals surface area contributed by atoms with Crippen molar-refractivity contribution in [2.45, 2.75) is 37.8 Å². The first-order chi connectivity index (χ1) is 12.6. The van der Waals surface area contributed by atoms with E-state index in [0.29, 0.717) is 17.2 Å². The van der Waals surface area contributed by atoms with Crippen LogP contribution in [0, 0.1) is 11.3 Å². The number of nitrogens with one attached hydrogen (secondary N) is 1. The second-order valence-corrected chi connectivity index (χ2v) is 6.46. The number of benzene rings is 1. The van der Waals surface area contributed by atoms with E-state index in [1.807, 2.05) is 29.0 Å².